The Morgan fingerprint density at radius 3 is 2.82 bits per heavy atom. The van der Waals surface area contributed by atoms with Gasteiger partial charge in [-0.25, -0.2) is 4.98 Å². The van der Waals surface area contributed by atoms with E-state index >= 15 is 0 Å². The normalized spacial score (nSPS) is 12.7. The molecule has 5 heteroatoms. The molecule has 1 aromatic carbocycles. The van der Waals surface area contributed by atoms with Crippen LogP contribution in [0.25, 0.3) is 0 Å². The van der Waals surface area contributed by atoms with Crippen molar-refractivity contribution in [2.75, 3.05) is 0 Å². The first-order valence-electron chi connectivity index (χ1n) is 5.35. The monoisotopic (exact) mass is 357 g/mol. The molecule has 0 radical (unpaired) electrons. The number of halogens is 2. The fraction of sp³-hybridized carbons (Fsp3) is 0.250. The lowest BCUT2D eigenvalue weighted by Crippen LogP contribution is -2.18. The summed E-state index contributed by atoms with van der Waals surface area (Å²) in [4.78, 5) is 4.33. The summed E-state index contributed by atoms with van der Waals surface area (Å²) in [6, 6.07) is 5.77. The third kappa shape index (κ3) is 2.61. The Labute approximate surface area is 117 Å². The van der Waals surface area contributed by atoms with Crippen molar-refractivity contribution in [2.45, 2.75) is 19.5 Å². The molecule has 0 spiro atoms. The number of aryl methyl sites for hydroxylation is 1. The number of hydrogen-bond donors (Lipinski definition) is 1. The first-order chi connectivity index (χ1) is 8.13. The zero-order valence-corrected chi connectivity index (χ0v) is 12.6. The quantitative estimate of drug-likeness (QED) is 0.912. The smallest absolute Gasteiger partial charge is 0.130 e. The van der Waals surface area contributed by atoms with Crippen LogP contribution in [0, 0.1) is 0 Å². The minimum absolute atomic E-state index is 0.215. The van der Waals surface area contributed by atoms with Gasteiger partial charge in [-0.15, -0.1) is 0 Å². The molecule has 0 aliphatic rings. The van der Waals surface area contributed by atoms with Crippen LogP contribution in [0.15, 0.2) is 39.5 Å². The van der Waals surface area contributed by atoms with E-state index in [0.717, 1.165) is 26.9 Å². The van der Waals surface area contributed by atoms with Crippen molar-refractivity contribution in [3.63, 3.8) is 0 Å². The van der Waals surface area contributed by atoms with Crippen LogP contribution in [0.3, 0.4) is 0 Å². The Morgan fingerprint density at radius 1 is 1.41 bits per heavy atom. The van der Waals surface area contributed by atoms with Crippen molar-refractivity contribution in [3.05, 3.63) is 50.9 Å². The summed E-state index contributed by atoms with van der Waals surface area (Å²) in [6.45, 7) is 2.95. The second kappa shape index (κ2) is 5.33. The van der Waals surface area contributed by atoms with Crippen molar-refractivity contribution in [3.8, 4) is 0 Å². The molecule has 1 heterocycles. The van der Waals surface area contributed by atoms with Crippen LogP contribution in [-0.2, 0) is 6.54 Å². The van der Waals surface area contributed by atoms with Crippen molar-refractivity contribution < 1.29 is 0 Å². The molecule has 2 aromatic rings. The van der Waals surface area contributed by atoms with E-state index in [2.05, 4.69) is 48.3 Å². The maximum atomic E-state index is 6.26. The summed E-state index contributed by atoms with van der Waals surface area (Å²) in [5, 5.41) is 0. The number of nitrogens with two attached hydrogens (primary N) is 1. The second-order valence-corrected chi connectivity index (χ2v) is 5.48. The van der Waals surface area contributed by atoms with Gasteiger partial charge in [0.25, 0.3) is 0 Å². The Balaban J connectivity index is 2.40. The van der Waals surface area contributed by atoms with Gasteiger partial charge in [0.1, 0.15) is 5.82 Å². The molecule has 0 fully saturated rings. The number of nitrogens with zero attached hydrogens (tertiary/aromatic N) is 2. The van der Waals surface area contributed by atoms with Gasteiger partial charge in [-0.2, -0.15) is 0 Å². The van der Waals surface area contributed by atoms with Crippen LogP contribution in [-0.4, -0.2) is 9.55 Å². The maximum Gasteiger partial charge on any atom is 0.130 e. The molecule has 90 valence electrons. The van der Waals surface area contributed by atoms with Crippen molar-refractivity contribution in [1.82, 2.24) is 9.55 Å². The van der Waals surface area contributed by atoms with E-state index in [1.54, 1.807) is 6.20 Å². The lowest BCUT2D eigenvalue weighted by atomic mass is 10.1. The molecular formula is C12H13Br2N3. The molecule has 0 saturated carbocycles. The van der Waals surface area contributed by atoms with Gasteiger partial charge in [0.15, 0.2) is 0 Å². The molecule has 3 nitrogen and oxygen atoms in total. The van der Waals surface area contributed by atoms with E-state index in [9.17, 15) is 0 Å². The van der Waals surface area contributed by atoms with Crippen molar-refractivity contribution in [1.29, 1.82) is 0 Å². The van der Waals surface area contributed by atoms with Crippen LogP contribution in [0.2, 0.25) is 0 Å². The SMILES string of the molecule is CCn1ccnc1C(N)c1ccc(Br)cc1Br. The van der Waals surface area contributed by atoms with Gasteiger partial charge in [-0.1, -0.05) is 37.9 Å². The average Bonchev–Trinajstić information content (AvgIpc) is 2.76. The molecule has 1 atom stereocenters. The second-order valence-electron chi connectivity index (χ2n) is 3.71. The first kappa shape index (κ1) is 12.8. The molecule has 2 N–H and O–H groups in total. The fourth-order valence-electron chi connectivity index (χ4n) is 1.76. The highest BCUT2D eigenvalue weighted by molar-refractivity contribution is 9.11. The lowest BCUT2D eigenvalue weighted by Gasteiger charge is -2.15. The number of aromatic nitrogens is 2. The summed E-state index contributed by atoms with van der Waals surface area (Å²) in [6.07, 6.45) is 3.73. The lowest BCUT2D eigenvalue weighted by molar-refractivity contribution is 0.655. The average molecular weight is 359 g/mol. The summed E-state index contributed by atoms with van der Waals surface area (Å²) >= 11 is 6.96. The van der Waals surface area contributed by atoms with Crippen LogP contribution >= 0.6 is 31.9 Å². The molecule has 0 amide bonds. The standard InChI is InChI=1S/C12H13Br2N3/c1-2-17-6-5-16-12(17)11(15)9-4-3-8(13)7-10(9)14/h3-7,11H,2,15H2,1H3. The molecule has 1 unspecified atom stereocenters. The van der Waals surface area contributed by atoms with Gasteiger partial charge in [-0.05, 0) is 24.6 Å². The number of imidazole rings is 1. The topological polar surface area (TPSA) is 43.8 Å². The predicted molar refractivity (Wildman–Crippen MR) is 75.8 cm³/mol. The molecule has 0 saturated heterocycles. The van der Waals surface area contributed by atoms with Crippen LogP contribution in [0.4, 0.5) is 0 Å². The number of benzene rings is 1. The molecule has 0 aliphatic carbocycles. The third-order valence-corrected chi connectivity index (χ3v) is 3.84. The molecule has 17 heavy (non-hydrogen) atoms. The number of rotatable bonds is 3. The van der Waals surface area contributed by atoms with E-state index in [4.69, 9.17) is 5.73 Å². The van der Waals surface area contributed by atoms with Gasteiger partial charge >= 0.3 is 0 Å². The Hall–Kier alpha value is -0.650. The molecular weight excluding hydrogens is 346 g/mol. The van der Waals surface area contributed by atoms with Gasteiger partial charge in [0.2, 0.25) is 0 Å². The van der Waals surface area contributed by atoms with Crippen molar-refractivity contribution >= 4 is 31.9 Å². The summed E-state index contributed by atoms with van der Waals surface area (Å²) in [5.74, 6) is 0.885. The van der Waals surface area contributed by atoms with Gasteiger partial charge in [0, 0.05) is 27.9 Å². The van der Waals surface area contributed by atoms with Gasteiger partial charge < -0.3 is 10.3 Å². The van der Waals surface area contributed by atoms with E-state index in [1.807, 2.05) is 24.4 Å². The zero-order chi connectivity index (χ0) is 12.4. The van der Waals surface area contributed by atoms with Gasteiger partial charge in [-0.3, -0.25) is 0 Å². The van der Waals surface area contributed by atoms with Crippen molar-refractivity contribution in [2.24, 2.45) is 5.73 Å². The van der Waals surface area contributed by atoms with E-state index in [0.29, 0.717) is 0 Å². The van der Waals surface area contributed by atoms with E-state index < -0.39 is 0 Å². The molecule has 0 aliphatic heterocycles. The minimum atomic E-state index is -0.215. The molecule has 2 rings (SSSR count). The molecule has 1 aromatic heterocycles. The van der Waals surface area contributed by atoms with E-state index in [1.165, 1.54) is 0 Å². The van der Waals surface area contributed by atoms with Crippen LogP contribution < -0.4 is 5.73 Å². The number of hydrogen-bond acceptors (Lipinski definition) is 2. The minimum Gasteiger partial charge on any atom is -0.334 e. The van der Waals surface area contributed by atoms with E-state index in [-0.39, 0.29) is 6.04 Å². The highest BCUT2D eigenvalue weighted by Crippen LogP contribution is 2.28. The first-order valence-corrected chi connectivity index (χ1v) is 6.93. The summed E-state index contributed by atoms with van der Waals surface area (Å²) < 4.78 is 4.07. The fourth-order valence-corrected chi connectivity index (χ4v) is 3.05. The van der Waals surface area contributed by atoms with Crippen LogP contribution in [0.1, 0.15) is 24.4 Å². The zero-order valence-electron chi connectivity index (χ0n) is 9.40. The Morgan fingerprint density at radius 2 is 2.18 bits per heavy atom. The predicted octanol–water partition coefficient (Wildman–Crippen LogP) is 3.48. The highest BCUT2D eigenvalue weighted by atomic mass is 79.9. The summed E-state index contributed by atoms with van der Waals surface area (Å²) in [5.41, 5.74) is 7.30. The Kier molecular flexibility index (Phi) is 4.01. The Bertz CT molecular complexity index is 522. The molecule has 0 bridgehead atoms. The maximum absolute atomic E-state index is 6.26. The third-order valence-electron chi connectivity index (χ3n) is 2.66. The summed E-state index contributed by atoms with van der Waals surface area (Å²) in [7, 11) is 0. The van der Waals surface area contributed by atoms with Crippen LogP contribution in [0.5, 0.6) is 0 Å². The largest absolute Gasteiger partial charge is 0.334 e. The highest BCUT2D eigenvalue weighted by Gasteiger charge is 2.16. The van der Waals surface area contributed by atoms with Gasteiger partial charge in [0.05, 0.1) is 6.04 Å².